The summed E-state index contributed by atoms with van der Waals surface area (Å²) in [6, 6.07) is 24.7. The second-order valence-electron chi connectivity index (χ2n) is 21.4. The first-order valence-electron chi connectivity index (χ1n) is 26.9. The highest BCUT2D eigenvalue weighted by Gasteiger charge is 2.49. The van der Waals surface area contributed by atoms with Crippen LogP contribution in [-0.2, 0) is 0 Å². The van der Waals surface area contributed by atoms with Crippen molar-refractivity contribution in [2.75, 3.05) is 7.05 Å². The number of benzene rings is 3. The molecule has 3 aromatic carbocycles. The average Bonchev–Trinajstić information content (AvgIpc) is 3.98. The van der Waals surface area contributed by atoms with E-state index in [1.165, 1.54) is 124 Å². The van der Waals surface area contributed by atoms with Gasteiger partial charge in [0.15, 0.2) is 0 Å². The number of amidine groups is 1. The van der Waals surface area contributed by atoms with Crippen molar-refractivity contribution in [1.82, 2.24) is 14.8 Å². The van der Waals surface area contributed by atoms with E-state index in [0.717, 1.165) is 57.2 Å². The highest BCUT2D eigenvalue weighted by Crippen LogP contribution is 2.62. The first kappa shape index (κ1) is 43.6. The van der Waals surface area contributed by atoms with Crippen LogP contribution in [0.4, 0.5) is 0 Å². The van der Waals surface area contributed by atoms with Gasteiger partial charge in [-0.15, -0.1) is 11.8 Å². The topological polar surface area (TPSA) is 32.6 Å². The van der Waals surface area contributed by atoms with Crippen molar-refractivity contribution in [2.45, 2.75) is 132 Å². The first-order valence-corrected chi connectivity index (χ1v) is 27.9. The molecule has 0 spiro atoms. The van der Waals surface area contributed by atoms with Gasteiger partial charge in [0.25, 0.3) is 0 Å². The molecule has 0 amide bonds. The monoisotopic (exact) mass is 925 g/mol. The lowest BCUT2D eigenvalue weighted by molar-refractivity contribution is 0.166. The number of nitrogens with zero attached hydrogens (tertiary/aromatic N) is 3. The molecule has 7 aliphatic carbocycles. The number of fused-ring (bicyclic) bond motifs is 7. The van der Waals surface area contributed by atoms with Crippen molar-refractivity contribution in [3.8, 4) is 11.1 Å². The Morgan fingerprint density at radius 3 is 2.33 bits per heavy atom. The first-order chi connectivity index (χ1) is 34.2. The Hall–Kier alpha value is -5.36. The van der Waals surface area contributed by atoms with Gasteiger partial charge in [0.2, 0.25) is 0 Å². The van der Waals surface area contributed by atoms with Crippen LogP contribution in [-0.4, -0.2) is 33.8 Å². The Labute approximate surface area is 415 Å². The number of allylic oxidation sites excluding steroid dienone is 15. The van der Waals surface area contributed by atoms with E-state index >= 15 is 0 Å². The van der Waals surface area contributed by atoms with Gasteiger partial charge in [-0.1, -0.05) is 153 Å². The number of para-hydroxylation sites is 1. The van der Waals surface area contributed by atoms with Crippen LogP contribution in [0, 0.1) is 17.8 Å². The van der Waals surface area contributed by atoms with Crippen LogP contribution in [0.2, 0.25) is 0 Å². The average molecular weight is 925 g/mol. The molecule has 5 heteroatoms. The van der Waals surface area contributed by atoms with Gasteiger partial charge < -0.3 is 9.47 Å². The number of likely N-dealkylation sites (N-methyl/N-ethyl adjacent to an activating group) is 1. The molecule has 1 aromatic heterocycles. The van der Waals surface area contributed by atoms with Gasteiger partial charge in [0, 0.05) is 52.3 Å². The highest BCUT2D eigenvalue weighted by molar-refractivity contribution is 8.00. The lowest BCUT2D eigenvalue weighted by atomic mass is 9.73. The predicted molar refractivity (Wildman–Crippen MR) is 294 cm³/mol. The minimum atomic E-state index is -0.201. The van der Waals surface area contributed by atoms with E-state index in [2.05, 4.69) is 179 Å². The number of aromatic nitrogens is 1. The standard InChI is InChI=1S/C64H68N4S/c1-67-63(44-25-11-4-12-26-44)65-62(66-64(67)45-27-13-5-14-28-45)55-41-46(58-48(42-21-7-2-8-22-42)32-19-33-49(58)43-23-9-3-10-24-43)37-38-50(55)52-34-20-36-57-59(52)54-40-39-53-51-31-17-18-35-56(51)68(60(53)61(54)69-57)47-29-15-6-16-30-47/h2,4-5,7,11,13,17-21,23,25,31-41,45,47,54,57,59,61-62,64,66H,3,6,8-10,12,14-16,22,24,26-30H2,1H3. The van der Waals surface area contributed by atoms with Crippen LogP contribution >= 0.6 is 11.8 Å². The zero-order valence-corrected chi connectivity index (χ0v) is 41.4. The molecular weight excluding hydrogens is 857 g/mol. The number of hydrogen-bond acceptors (Lipinski definition) is 4. The highest BCUT2D eigenvalue weighted by atomic mass is 32.2. The third-order valence-corrected chi connectivity index (χ3v) is 19.0. The van der Waals surface area contributed by atoms with Gasteiger partial charge in [-0.25, -0.2) is 4.99 Å². The zero-order chi connectivity index (χ0) is 45.8. The summed E-state index contributed by atoms with van der Waals surface area (Å²) in [5.74, 6) is 2.41. The number of thioether (sulfide) groups is 1. The summed E-state index contributed by atoms with van der Waals surface area (Å²) in [7, 11) is 2.31. The van der Waals surface area contributed by atoms with E-state index in [1.807, 2.05) is 0 Å². The summed E-state index contributed by atoms with van der Waals surface area (Å²) in [6.07, 6.45) is 53.0. The van der Waals surface area contributed by atoms with Crippen LogP contribution in [0.5, 0.6) is 0 Å². The Bertz CT molecular complexity index is 2990. The van der Waals surface area contributed by atoms with Crippen LogP contribution in [0.3, 0.4) is 0 Å². The summed E-state index contributed by atoms with van der Waals surface area (Å²) < 4.78 is 2.85. The van der Waals surface area contributed by atoms with Crippen LogP contribution < -0.4 is 5.32 Å². The van der Waals surface area contributed by atoms with Gasteiger partial charge >= 0.3 is 0 Å². The molecule has 1 N–H and O–H groups in total. The van der Waals surface area contributed by atoms with E-state index < -0.39 is 0 Å². The quantitative estimate of drug-likeness (QED) is 0.179. The van der Waals surface area contributed by atoms with E-state index in [1.54, 1.807) is 5.69 Å². The van der Waals surface area contributed by atoms with Crippen LogP contribution in [0.25, 0.3) is 44.8 Å². The van der Waals surface area contributed by atoms with Crippen LogP contribution in [0.15, 0.2) is 150 Å². The number of hydrogen-bond donors (Lipinski definition) is 1. The Balaban J connectivity index is 0.987. The van der Waals surface area contributed by atoms with Crippen molar-refractivity contribution >= 4 is 51.3 Å². The fourth-order valence-electron chi connectivity index (χ4n) is 14.1. The van der Waals surface area contributed by atoms with Gasteiger partial charge in [-0.05, 0) is 157 Å². The second-order valence-corrected chi connectivity index (χ2v) is 22.7. The molecule has 1 saturated heterocycles. The molecule has 2 aliphatic heterocycles. The Kier molecular flexibility index (Phi) is 11.9. The number of nitrogens with one attached hydrogen (secondary N) is 1. The maximum absolute atomic E-state index is 5.91. The van der Waals surface area contributed by atoms with Crippen molar-refractivity contribution in [2.24, 2.45) is 22.7 Å². The fourth-order valence-corrected chi connectivity index (χ4v) is 15.9. The molecule has 69 heavy (non-hydrogen) atoms. The van der Waals surface area contributed by atoms with E-state index in [0.29, 0.717) is 34.3 Å². The maximum Gasteiger partial charge on any atom is 0.130 e. The molecule has 7 atom stereocenters. The molecule has 0 bridgehead atoms. The van der Waals surface area contributed by atoms with E-state index in [9.17, 15) is 0 Å². The molecular formula is C64H68N4S. The van der Waals surface area contributed by atoms with Gasteiger partial charge in [0.05, 0.1) is 11.4 Å². The number of rotatable bonds is 8. The lowest BCUT2D eigenvalue weighted by Gasteiger charge is -2.44. The molecule has 2 fully saturated rings. The summed E-state index contributed by atoms with van der Waals surface area (Å²) in [5.41, 5.74) is 18.5. The van der Waals surface area contributed by atoms with Crippen molar-refractivity contribution in [3.63, 3.8) is 0 Å². The normalized spacial score (nSPS) is 28.7. The third kappa shape index (κ3) is 7.82. The molecule has 4 nitrogen and oxygen atoms in total. The van der Waals surface area contributed by atoms with E-state index in [-0.39, 0.29) is 12.3 Å². The SMILES string of the molecule is CN1C(C2=CC=CCC2)=NC(c2cc(-c3c(C4=CC=CCC4)cccc3C3=CCCCC3)ccc2C2=CC=CC3SC4c5c(c6ccccc6n5C5CCCCC5)C=CC4C23)NC1C1CC=CCC1. The Morgan fingerprint density at radius 2 is 1.54 bits per heavy atom. The number of aliphatic imine (C=N–C) groups is 1. The molecule has 7 unspecified atom stereocenters. The minimum absolute atomic E-state index is 0.172. The molecule has 13 rings (SSSR count). The summed E-state index contributed by atoms with van der Waals surface area (Å²) >= 11 is 2.24. The van der Waals surface area contributed by atoms with Gasteiger partial charge in [-0.2, -0.15) is 0 Å². The van der Waals surface area contributed by atoms with Crippen molar-refractivity contribution in [1.29, 1.82) is 0 Å². The molecule has 350 valence electrons. The zero-order valence-electron chi connectivity index (χ0n) is 40.5. The predicted octanol–water partition coefficient (Wildman–Crippen LogP) is 16.5. The minimum Gasteiger partial charge on any atom is -0.344 e. The van der Waals surface area contributed by atoms with Gasteiger partial charge in [0.1, 0.15) is 12.0 Å². The lowest BCUT2D eigenvalue weighted by Crippen LogP contribution is -2.56. The summed E-state index contributed by atoms with van der Waals surface area (Å²) in [4.78, 5) is 8.42. The smallest absolute Gasteiger partial charge is 0.130 e. The molecule has 9 aliphatic rings. The molecule has 4 aromatic rings. The summed E-state index contributed by atoms with van der Waals surface area (Å²) in [5, 5.41) is 6.55. The maximum atomic E-state index is 5.91. The summed E-state index contributed by atoms with van der Waals surface area (Å²) in [6.45, 7) is 0. The van der Waals surface area contributed by atoms with Gasteiger partial charge in [-0.3, -0.25) is 5.32 Å². The van der Waals surface area contributed by atoms with Crippen molar-refractivity contribution in [3.05, 3.63) is 179 Å². The Morgan fingerprint density at radius 1 is 0.696 bits per heavy atom. The fraction of sp³-hybridized carbons (Fsp3) is 0.391. The van der Waals surface area contributed by atoms with Crippen molar-refractivity contribution < 1.29 is 0 Å². The molecule has 1 saturated carbocycles. The molecule has 0 radical (unpaired) electrons. The van der Waals surface area contributed by atoms with Crippen LogP contribution in [0.1, 0.15) is 154 Å². The van der Waals surface area contributed by atoms with E-state index in [4.69, 9.17) is 4.99 Å². The third-order valence-electron chi connectivity index (χ3n) is 17.4. The molecule has 3 heterocycles. The second kappa shape index (κ2) is 18.8. The largest absolute Gasteiger partial charge is 0.344 e.